The maximum atomic E-state index is 12.7. The Balaban J connectivity index is 1.61. The summed E-state index contributed by atoms with van der Waals surface area (Å²) in [6.07, 6.45) is 3.28. The van der Waals surface area contributed by atoms with E-state index in [4.69, 9.17) is 0 Å². The topological polar surface area (TPSA) is 111 Å². The average molecular weight is 469 g/mol. The third kappa shape index (κ3) is 4.62. The SMILES string of the molecule is CC1CCN(S(=O)(=O)c2ccc(C(=O)NNC(=O)c3cc(Br)c[nH]3)cc2)CC1. The molecular formula is C18H21BrN4O4S. The van der Waals surface area contributed by atoms with Crippen LogP contribution in [0.5, 0.6) is 0 Å². The lowest BCUT2D eigenvalue weighted by Crippen LogP contribution is -2.41. The van der Waals surface area contributed by atoms with Gasteiger partial charge in [-0.1, -0.05) is 6.92 Å². The molecule has 0 radical (unpaired) electrons. The van der Waals surface area contributed by atoms with Gasteiger partial charge in [-0.25, -0.2) is 8.42 Å². The van der Waals surface area contributed by atoms with Gasteiger partial charge in [-0.15, -0.1) is 0 Å². The van der Waals surface area contributed by atoms with Crippen molar-refractivity contribution in [2.24, 2.45) is 5.92 Å². The number of hydrogen-bond donors (Lipinski definition) is 3. The van der Waals surface area contributed by atoms with Crippen molar-refractivity contribution >= 4 is 37.8 Å². The van der Waals surface area contributed by atoms with Crippen LogP contribution in [0.1, 0.15) is 40.6 Å². The minimum absolute atomic E-state index is 0.152. The fraction of sp³-hybridized carbons (Fsp3) is 0.333. The van der Waals surface area contributed by atoms with Crippen LogP contribution in [0.25, 0.3) is 0 Å². The zero-order valence-corrected chi connectivity index (χ0v) is 17.6. The van der Waals surface area contributed by atoms with Crippen molar-refractivity contribution in [3.05, 3.63) is 52.3 Å². The van der Waals surface area contributed by atoms with E-state index in [-0.39, 0.29) is 16.2 Å². The number of H-pyrrole nitrogens is 1. The second-order valence-electron chi connectivity index (χ2n) is 6.75. The third-order valence-corrected chi connectivity index (χ3v) is 7.05. The smallest absolute Gasteiger partial charge is 0.286 e. The molecular weight excluding hydrogens is 448 g/mol. The van der Waals surface area contributed by atoms with E-state index >= 15 is 0 Å². The van der Waals surface area contributed by atoms with E-state index in [1.807, 2.05) is 0 Å². The number of amides is 2. The standard InChI is InChI=1S/C18H21BrN4O4S/c1-12-6-8-23(9-7-12)28(26,27)15-4-2-13(3-5-15)17(24)21-22-18(25)16-10-14(19)11-20-16/h2-5,10-12,20H,6-9H2,1H3,(H,21,24)(H,22,25). The summed E-state index contributed by atoms with van der Waals surface area (Å²) < 4.78 is 27.6. The third-order valence-electron chi connectivity index (χ3n) is 4.68. The molecule has 1 fully saturated rings. The number of carbonyl (C=O) groups excluding carboxylic acids is 2. The molecule has 8 nitrogen and oxygen atoms in total. The van der Waals surface area contributed by atoms with Crippen LogP contribution in [-0.2, 0) is 10.0 Å². The molecule has 1 aliphatic rings. The Morgan fingerprint density at radius 1 is 1.11 bits per heavy atom. The summed E-state index contributed by atoms with van der Waals surface area (Å²) in [6.45, 7) is 3.13. The minimum Gasteiger partial charge on any atom is -0.356 e. The van der Waals surface area contributed by atoms with Crippen LogP contribution >= 0.6 is 15.9 Å². The quantitative estimate of drug-likeness (QED) is 0.597. The van der Waals surface area contributed by atoms with Crippen molar-refractivity contribution in [2.45, 2.75) is 24.7 Å². The van der Waals surface area contributed by atoms with Gasteiger partial charge in [-0.3, -0.25) is 20.4 Å². The van der Waals surface area contributed by atoms with Gasteiger partial charge in [0.15, 0.2) is 0 Å². The first-order chi connectivity index (χ1) is 13.3. The maximum absolute atomic E-state index is 12.7. The first-order valence-corrected chi connectivity index (χ1v) is 11.1. The lowest BCUT2D eigenvalue weighted by atomic mass is 10.0. The first-order valence-electron chi connectivity index (χ1n) is 8.82. The highest BCUT2D eigenvalue weighted by atomic mass is 79.9. The van der Waals surface area contributed by atoms with Gasteiger partial charge in [0, 0.05) is 29.3 Å². The van der Waals surface area contributed by atoms with Gasteiger partial charge in [0.05, 0.1) is 4.90 Å². The van der Waals surface area contributed by atoms with Crippen LogP contribution in [0.4, 0.5) is 0 Å². The molecule has 3 N–H and O–H groups in total. The normalized spacial score (nSPS) is 15.9. The Labute approximate surface area is 171 Å². The molecule has 1 aromatic carbocycles. The van der Waals surface area contributed by atoms with Gasteiger partial charge < -0.3 is 4.98 Å². The summed E-state index contributed by atoms with van der Waals surface area (Å²) in [7, 11) is -3.56. The largest absolute Gasteiger partial charge is 0.356 e. The number of hydrogen-bond acceptors (Lipinski definition) is 4. The van der Waals surface area contributed by atoms with Crippen molar-refractivity contribution in [2.75, 3.05) is 13.1 Å². The summed E-state index contributed by atoms with van der Waals surface area (Å²) in [5, 5.41) is 0. The Hall–Kier alpha value is -2.17. The molecule has 0 unspecified atom stereocenters. The number of benzene rings is 1. The molecule has 28 heavy (non-hydrogen) atoms. The Bertz CT molecular complexity index is 964. The summed E-state index contributed by atoms with van der Waals surface area (Å²) in [6, 6.07) is 7.24. The highest BCUT2D eigenvalue weighted by Gasteiger charge is 2.28. The van der Waals surface area contributed by atoms with E-state index < -0.39 is 21.8 Å². The van der Waals surface area contributed by atoms with Crippen molar-refractivity contribution in [3.8, 4) is 0 Å². The molecule has 1 aromatic heterocycles. The molecule has 0 saturated carbocycles. The summed E-state index contributed by atoms with van der Waals surface area (Å²) in [4.78, 5) is 27.0. The predicted octanol–water partition coefficient (Wildman–Crippen LogP) is 2.27. The first kappa shape index (κ1) is 20.6. The van der Waals surface area contributed by atoms with Crippen molar-refractivity contribution in [1.29, 1.82) is 0 Å². The molecule has 2 heterocycles. The van der Waals surface area contributed by atoms with Crippen LogP contribution in [0.2, 0.25) is 0 Å². The summed E-state index contributed by atoms with van der Waals surface area (Å²) in [5.74, 6) is -0.521. The lowest BCUT2D eigenvalue weighted by molar-refractivity contribution is 0.0844. The van der Waals surface area contributed by atoms with Gasteiger partial charge in [0.25, 0.3) is 11.8 Å². The highest BCUT2D eigenvalue weighted by molar-refractivity contribution is 9.10. The van der Waals surface area contributed by atoms with Crippen LogP contribution < -0.4 is 10.9 Å². The molecule has 0 bridgehead atoms. The zero-order valence-electron chi connectivity index (χ0n) is 15.2. The zero-order chi connectivity index (χ0) is 20.3. The summed E-state index contributed by atoms with van der Waals surface area (Å²) >= 11 is 3.22. The number of sulfonamides is 1. The molecule has 1 aliphatic heterocycles. The molecule has 0 aliphatic carbocycles. The molecule has 0 spiro atoms. The number of aromatic nitrogens is 1. The van der Waals surface area contributed by atoms with E-state index in [9.17, 15) is 18.0 Å². The van der Waals surface area contributed by atoms with E-state index in [2.05, 4.69) is 38.7 Å². The van der Waals surface area contributed by atoms with Crippen LogP contribution in [0.3, 0.4) is 0 Å². The Morgan fingerprint density at radius 3 is 2.29 bits per heavy atom. The number of aromatic amines is 1. The number of nitrogens with one attached hydrogen (secondary N) is 3. The van der Waals surface area contributed by atoms with E-state index in [1.54, 1.807) is 12.3 Å². The van der Waals surface area contributed by atoms with Crippen molar-refractivity contribution in [3.63, 3.8) is 0 Å². The number of halogens is 1. The molecule has 1 saturated heterocycles. The van der Waals surface area contributed by atoms with Crippen molar-refractivity contribution in [1.82, 2.24) is 20.1 Å². The second kappa shape index (κ2) is 8.46. The van der Waals surface area contributed by atoms with Gasteiger partial charge in [-0.2, -0.15) is 4.31 Å². The van der Waals surface area contributed by atoms with Gasteiger partial charge >= 0.3 is 0 Å². The highest BCUT2D eigenvalue weighted by Crippen LogP contribution is 2.23. The fourth-order valence-corrected chi connectivity index (χ4v) is 4.72. The van der Waals surface area contributed by atoms with E-state index in [1.165, 1.54) is 28.6 Å². The average Bonchev–Trinajstić information content (AvgIpc) is 3.13. The molecule has 10 heteroatoms. The molecule has 0 atom stereocenters. The second-order valence-corrected chi connectivity index (χ2v) is 9.60. The number of hydrazine groups is 1. The van der Waals surface area contributed by atoms with Crippen LogP contribution in [0.15, 0.2) is 45.9 Å². The van der Waals surface area contributed by atoms with Crippen molar-refractivity contribution < 1.29 is 18.0 Å². The Kier molecular flexibility index (Phi) is 6.21. The molecule has 3 rings (SSSR count). The molecule has 150 valence electrons. The van der Waals surface area contributed by atoms with Crippen LogP contribution in [-0.4, -0.2) is 42.6 Å². The Morgan fingerprint density at radius 2 is 1.71 bits per heavy atom. The van der Waals surface area contributed by atoms with Crippen LogP contribution in [0, 0.1) is 5.92 Å². The van der Waals surface area contributed by atoms with E-state index in [0.717, 1.165) is 12.8 Å². The maximum Gasteiger partial charge on any atom is 0.286 e. The number of nitrogens with zero attached hydrogens (tertiary/aromatic N) is 1. The predicted molar refractivity (Wildman–Crippen MR) is 107 cm³/mol. The number of piperidine rings is 1. The van der Waals surface area contributed by atoms with E-state index in [0.29, 0.717) is 23.5 Å². The lowest BCUT2D eigenvalue weighted by Gasteiger charge is -2.29. The molecule has 2 aromatic rings. The summed E-state index contributed by atoms with van der Waals surface area (Å²) in [5.41, 5.74) is 5.11. The van der Waals surface area contributed by atoms with Gasteiger partial charge in [0.1, 0.15) is 5.69 Å². The number of carbonyl (C=O) groups is 2. The molecule has 2 amide bonds. The van der Waals surface area contributed by atoms with Gasteiger partial charge in [0.2, 0.25) is 10.0 Å². The minimum atomic E-state index is -3.56. The monoisotopic (exact) mass is 468 g/mol. The van der Waals surface area contributed by atoms with Gasteiger partial charge in [-0.05, 0) is 65.0 Å². The number of rotatable bonds is 4. The fourth-order valence-electron chi connectivity index (χ4n) is 2.90.